The Hall–Kier alpha value is -4.94. The van der Waals surface area contributed by atoms with E-state index in [9.17, 15) is 27.6 Å². The Labute approximate surface area is 329 Å². The third-order valence-electron chi connectivity index (χ3n) is 8.90. The molecule has 4 rings (SSSR count). The second-order valence-corrected chi connectivity index (χ2v) is 13.3. The van der Waals surface area contributed by atoms with E-state index in [1.54, 1.807) is 74.5 Å². The molecule has 0 aromatic heterocycles. The molecule has 12 heteroatoms. The molecule has 0 radical (unpaired) electrons. The van der Waals surface area contributed by atoms with Gasteiger partial charge in [-0.3, -0.25) is 14.4 Å². The Morgan fingerprint density at radius 1 is 0.946 bits per heavy atom. The van der Waals surface area contributed by atoms with Crippen molar-refractivity contribution in [3.8, 4) is 5.75 Å². The number of hydrogen-bond acceptors (Lipinski definition) is 7. The van der Waals surface area contributed by atoms with Gasteiger partial charge in [0.25, 0.3) is 0 Å². The first-order valence-electron chi connectivity index (χ1n) is 19.4. The van der Waals surface area contributed by atoms with Crippen molar-refractivity contribution < 1.29 is 41.9 Å². The van der Waals surface area contributed by atoms with Gasteiger partial charge in [0.2, 0.25) is 11.8 Å². The van der Waals surface area contributed by atoms with Gasteiger partial charge in [0.05, 0.1) is 24.2 Å². The smallest absolute Gasteiger partial charge is 0.416 e. The number of anilines is 1. The molecule has 0 bridgehead atoms. The molecule has 0 aliphatic heterocycles. The van der Waals surface area contributed by atoms with Crippen molar-refractivity contribution in [2.75, 3.05) is 25.0 Å². The van der Waals surface area contributed by atoms with E-state index in [1.165, 1.54) is 30.4 Å². The second kappa shape index (κ2) is 23.2. The molecule has 0 fully saturated rings. The average molecular weight is 780 g/mol. The highest BCUT2D eigenvalue weighted by molar-refractivity contribution is 5.92. The number of primary amides is 1. The molecule has 304 valence electrons. The Balaban J connectivity index is 0.00000414. The first-order chi connectivity index (χ1) is 26.8. The number of nitrogens with one attached hydrogen (secondary N) is 1. The average Bonchev–Trinajstić information content (AvgIpc) is 3.17. The predicted octanol–water partition coefficient (Wildman–Crippen LogP) is 9.72. The number of hydrogen-bond donors (Lipinski definition) is 2. The molecule has 9 nitrogen and oxygen atoms in total. The van der Waals surface area contributed by atoms with Crippen molar-refractivity contribution in [2.24, 2.45) is 5.73 Å². The van der Waals surface area contributed by atoms with Crippen molar-refractivity contribution in [1.29, 1.82) is 0 Å². The highest BCUT2D eigenvalue weighted by Gasteiger charge is 2.34. The van der Waals surface area contributed by atoms with Crippen LogP contribution in [0.25, 0.3) is 0 Å². The molecule has 0 saturated heterocycles. The van der Waals surface area contributed by atoms with Gasteiger partial charge >= 0.3 is 12.1 Å². The van der Waals surface area contributed by atoms with E-state index < -0.39 is 48.2 Å². The highest BCUT2D eigenvalue weighted by Crippen LogP contribution is 2.33. The lowest BCUT2D eigenvalue weighted by molar-refractivity contribution is -0.191. The van der Waals surface area contributed by atoms with Gasteiger partial charge in [-0.15, -0.1) is 0 Å². The molecule has 0 spiro atoms. The third-order valence-corrected chi connectivity index (χ3v) is 8.90. The number of esters is 1. The van der Waals surface area contributed by atoms with Crippen LogP contribution in [0, 0.1) is 0 Å². The number of hydroxylamine groups is 2. The van der Waals surface area contributed by atoms with E-state index in [0.717, 1.165) is 30.0 Å². The summed E-state index contributed by atoms with van der Waals surface area (Å²) in [4.78, 5) is 43.4. The number of benzene rings is 3. The molecule has 2 amide bonds. The van der Waals surface area contributed by atoms with Gasteiger partial charge in [-0.25, -0.2) is 4.79 Å². The number of nitrogens with two attached hydrogens (primary N) is 1. The van der Waals surface area contributed by atoms with Crippen LogP contribution in [0.15, 0.2) is 90.5 Å². The predicted molar refractivity (Wildman–Crippen MR) is 213 cm³/mol. The molecular weight excluding hydrogens is 723 g/mol. The number of ether oxygens (including phenoxy) is 2. The first-order valence-corrected chi connectivity index (χ1v) is 19.4. The van der Waals surface area contributed by atoms with Crippen molar-refractivity contribution in [3.05, 3.63) is 118 Å². The standard InChI is InChI=1S/C42H50F3N3O6.C2H6/c1-4-6-7-8-9-24-52-36-22-16-33(17-23-36)41(51)53-37-20-11-31(12-21-37)27-48(28-39(46)49)54-29(3)32-14-18-35(19-15-32)47-40(50)26-34-13-10-30(5-2)25-38(34)42(43,44)45;1-2/h10-20,22-23,25,29,37H,4-9,21,24,26-28H2,1-3H3,(H2,46,49)(H,47,50);1-2H3. The van der Waals surface area contributed by atoms with Gasteiger partial charge in [-0.1, -0.05) is 89.8 Å². The van der Waals surface area contributed by atoms with Crippen LogP contribution in [-0.4, -0.2) is 48.6 Å². The quantitative estimate of drug-likeness (QED) is 0.0666. The Kier molecular flexibility index (Phi) is 18.8. The van der Waals surface area contributed by atoms with Gasteiger partial charge in [0.15, 0.2) is 0 Å². The van der Waals surface area contributed by atoms with Crippen LogP contribution in [0.3, 0.4) is 0 Å². The number of unbranched alkanes of at least 4 members (excludes halogenated alkanes) is 4. The van der Waals surface area contributed by atoms with Crippen LogP contribution in [0.4, 0.5) is 18.9 Å². The van der Waals surface area contributed by atoms with Crippen LogP contribution < -0.4 is 15.8 Å². The molecule has 3 N–H and O–H groups in total. The third kappa shape index (κ3) is 15.3. The zero-order chi connectivity index (χ0) is 41.1. The summed E-state index contributed by atoms with van der Waals surface area (Å²) in [6.07, 6.45) is 6.17. The lowest BCUT2D eigenvalue weighted by Gasteiger charge is -2.26. The van der Waals surface area contributed by atoms with E-state index in [0.29, 0.717) is 42.0 Å². The maximum atomic E-state index is 13.6. The summed E-state index contributed by atoms with van der Waals surface area (Å²) in [7, 11) is 0. The fourth-order valence-electron chi connectivity index (χ4n) is 5.91. The first kappa shape index (κ1) is 45.4. The summed E-state index contributed by atoms with van der Waals surface area (Å²) >= 11 is 0. The van der Waals surface area contributed by atoms with Crippen molar-refractivity contribution >= 4 is 23.5 Å². The van der Waals surface area contributed by atoms with E-state index in [2.05, 4.69) is 12.2 Å². The van der Waals surface area contributed by atoms with Gasteiger partial charge < -0.3 is 20.5 Å². The van der Waals surface area contributed by atoms with E-state index in [1.807, 2.05) is 26.0 Å². The molecule has 1 aliphatic carbocycles. The molecule has 1 aliphatic rings. The summed E-state index contributed by atoms with van der Waals surface area (Å²) in [5.74, 6) is -0.900. The van der Waals surface area contributed by atoms with Crippen molar-refractivity contribution in [2.45, 2.75) is 104 Å². The molecule has 0 saturated carbocycles. The number of amides is 2. The van der Waals surface area contributed by atoms with E-state index in [-0.39, 0.29) is 18.7 Å². The molecule has 0 heterocycles. The van der Waals surface area contributed by atoms with E-state index >= 15 is 0 Å². The summed E-state index contributed by atoms with van der Waals surface area (Å²) in [6, 6.07) is 17.6. The summed E-state index contributed by atoms with van der Waals surface area (Å²) < 4.78 is 52.3. The Morgan fingerprint density at radius 2 is 1.64 bits per heavy atom. The molecule has 3 aromatic carbocycles. The maximum Gasteiger partial charge on any atom is 0.416 e. The van der Waals surface area contributed by atoms with Crippen LogP contribution in [0.5, 0.6) is 5.75 Å². The summed E-state index contributed by atoms with van der Waals surface area (Å²) in [5.41, 5.74) is 7.53. The zero-order valence-corrected chi connectivity index (χ0v) is 33.1. The van der Waals surface area contributed by atoms with Gasteiger partial charge in [-0.2, -0.15) is 18.2 Å². The Morgan fingerprint density at radius 3 is 2.25 bits per heavy atom. The number of alkyl halides is 3. The second-order valence-electron chi connectivity index (χ2n) is 13.3. The molecule has 56 heavy (non-hydrogen) atoms. The number of carbonyl (C=O) groups is 3. The number of rotatable bonds is 20. The van der Waals surface area contributed by atoms with Crippen molar-refractivity contribution in [3.63, 3.8) is 0 Å². The number of carbonyl (C=O) groups excluding carboxylic acids is 3. The van der Waals surface area contributed by atoms with Crippen LogP contribution in [-0.2, 0) is 38.2 Å². The van der Waals surface area contributed by atoms with E-state index in [4.69, 9.17) is 20.0 Å². The minimum Gasteiger partial charge on any atom is -0.494 e. The minimum atomic E-state index is -4.57. The fraction of sp³-hybridized carbons (Fsp3) is 0.432. The highest BCUT2D eigenvalue weighted by atomic mass is 19.4. The summed E-state index contributed by atoms with van der Waals surface area (Å²) in [6.45, 7) is 10.4. The maximum absolute atomic E-state index is 13.6. The fourth-order valence-corrected chi connectivity index (χ4v) is 5.91. The molecule has 2 unspecified atom stereocenters. The molecule has 2 atom stereocenters. The lowest BCUT2D eigenvalue weighted by atomic mass is 9.99. The monoisotopic (exact) mass is 779 g/mol. The number of halogens is 3. The SMILES string of the molecule is CC.CCCCCCCOc1ccc(C(=O)OC2C=CC(CN(CC(N)=O)OC(C)c3ccc(NC(=O)Cc4ccc(CC)cc4C(F)(F)F)cc3)=CC2)cc1. The lowest BCUT2D eigenvalue weighted by Crippen LogP contribution is -2.36. The van der Waals surface area contributed by atoms with Crippen LogP contribution in [0.1, 0.15) is 112 Å². The Bertz CT molecular complexity index is 1760. The molecular formula is C44H56F3N3O6. The van der Waals surface area contributed by atoms with Gasteiger partial charge in [-0.05, 0) is 90.6 Å². The minimum absolute atomic E-state index is 0.0970. The van der Waals surface area contributed by atoms with Crippen LogP contribution >= 0.6 is 0 Å². The van der Waals surface area contributed by atoms with Gasteiger partial charge in [0, 0.05) is 18.7 Å². The molecule has 3 aromatic rings. The van der Waals surface area contributed by atoms with Crippen molar-refractivity contribution in [1.82, 2.24) is 5.06 Å². The largest absolute Gasteiger partial charge is 0.494 e. The van der Waals surface area contributed by atoms with Gasteiger partial charge in [0.1, 0.15) is 24.5 Å². The topological polar surface area (TPSA) is 120 Å². The normalized spacial score (nSPS) is 14.3. The number of aryl methyl sites for hydroxylation is 1. The number of nitrogens with zero attached hydrogens (tertiary/aromatic N) is 1. The van der Waals surface area contributed by atoms with Crippen LogP contribution in [0.2, 0.25) is 0 Å². The summed E-state index contributed by atoms with van der Waals surface area (Å²) in [5, 5.41) is 4.10. The zero-order valence-electron chi connectivity index (χ0n) is 33.1.